The molecule has 0 unspecified atom stereocenters. The predicted octanol–water partition coefficient (Wildman–Crippen LogP) is 3.65. The smallest absolute Gasteiger partial charge is 0.218 e. The summed E-state index contributed by atoms with van der Waals surface area (Å²) in [6.07, 6.45) is 0. The summed E-state index contributed by atoms with van der Waals surface area (Å²) in [7, 11) is 1.91. The number of hydrogen-bond donors (Lipinski definition) is 1. The van der Waals surface area contributed by atoms with E-state index in [9.17, 15) is 0 Å². The maximum absolute atomic E-state index is 6.14. The van der Waals surface area contributed by atoms with Crippen LogP contribution in [0.15, 0.2) is 30.3 Å². The van der Waals surface area contributed by atoms with E-state index in [0.29, 0.717) is 17.5 Å². The molecule has 0 saturated heterocycles. The van der Waals surface area contributed by atoms with Gasteiger partial charge in [-0.05, 0) is 38.6 Å². The van der Waals surface area contributed by atoms with E-state index in [1.165, 1.54) is 5.56 Å². The van der Waals surface area contributed by atoms with Crippen molar-refractivity contribution in [2.45, 2.75) is 27.0 Å². The van der Waals surface area contributed by atoms with E-state index in [1.54, 1.807) is 0 Å². The maximum atomic E-state index is 6.14. The Labute approximate surface area is 124 Å². The number of halogens is 1. The molecular weight excluding hydrogens is 272 g/mol. The molecule has 106 valence electrons. The van der Waals surface area contributed by atoms with Crippen LogP contribution >= 0.6 is 11.6 Å². The minimum Gasteiger partial charge on any atom is -0.472 e. The van der Waals surface area contributed by atoms with Gasteiger partial charge in [0.05, 0.1) is 0 Å². The van der Waals surface area contributed by atoms with Crippen LogP contribution in [0.2, 0.25) is 5.02 Å². The van der Waals surface area contributed by atoms with Crippen LogP contribution in [0.25, 0.3) is 0 Å². The lowest BCUT2D eigenvalue weighted by molar-refractivity contribution is 0.289. The van der Waals surface area contributed by atoms with Gasteiger partial charge in [-0.25, -0.2) is 4.98 Å². The van der Waals surface area contributed by atoms with Gasteiger partial charge in [0, 0.05) is 28.4 Å². The lowest BCUT2D eigenvalue weighted by atomic mass is 10.1. The fourth-order valence-corrected chi connectivity index (χ4v) is 2.29. The highest BCUT2D eigenvalue weighted by Gasteiger charge is 2.10. The molecule has 0 aliphatic rings. The largest absolute Gasteiger partial charge is 0.472 e. The number of benzene rings is 1. The van der Waals surface area contributed by atoms with Gasteiger partial charge in [-0.2, -0.15) is 0 Å². The van der Waals surface area contributed by atoms with Crippen LogP contribution in [-0.2, 0) is 13.2 Å². The zero-order chi connectivity index (χ0) is 14.5. The second-order valence-corrected chi connectivity index (χ2v) is 5.18. The molecular formula is C16H19ClN2O. The number of nitrogens with zero attached hydrogens (tertiary/aromatic N) is 1. The topological polar surface area (TPSA) is 34.2 Å². The lowest BCUT2D eigenvalue weighted by Gasteiger charge is -2.14. The van der Waals surface area contributed by atoms with Gasteiger partial charge in [-0.15, -0.1) is 0 Å². The Morgan fingerprint density at radius 2 is 2.00 bits per heavy atom. The Kier molecular flexibility index (Phi) is 4.99. The molecule has 0 radical (unpaired) electrons. The van der Waals surface area contributed by atoms with Crippen LogP contribution < -0.4 is 10.1 Å². The van der Waals surface area contributed by atoms with Crippen molar-refractivity contribution in [3.63, 3.8) is 0 Å². The third-order valence-electron chi connectivity index (χ3n) is 3.11. The highest BCUT2D eigenvalue weighted by atomic mass is 35.5. The zero-order valence-electron chi connectivity index (χ0n) is 12.0. The quantitative estimate of drug-likeness (QED) is 0.913. The third kappa shape index (κ3) is 3.50. The molecule has 2 rings (SSSR count). The van der Waals surface area contributed by atoms with Crippen LogP contribution in [-0.4, -0.2) is 12.0 Å². The Balaban J connectivity index is 2.22. The normalized spacial score (nSPS) is 10.6. The lowest BCUT2D eigenvalue weighted by Crippen LogP contribution is -2.11. The minimum absolute atomic E-state index is 0.423. The Morgan fingerprint density at radius 3 is 2.70 bits per heavy atom. The number of hydrogen-bond acceptors (Lipinski definition) is 3. The molecule has 3 nitrogen and oxygen atoms in total. The summed E-state index contributed by atoms with van der Waals surface area (Å²) in [6.45, 7) is 5.20. The van der Waals surface area contributed by atoms with Crippen molar-refractivity contribution in [3.8, 4) is 5.88 Å². The van der Waals surface area contributed by atoms with Crippen LogP contribution in [0.3, 0.4) is 0 Å². The summed E-state index contributed by atoms with van der Waals surface area (Å²) in [5, 5.41) is 3.86. The summed E-state index contributed by atoms with van der Waals surface area (Å²) >= 11 is 6.14. The standard InChI is InChI=1S/C16H19ClN2O/c1-11-8-12(2)19-16(14(11)9-18-3)20-10-13-6-4-5-7-15(13)17/h4-8,18H,9-10H2,1-3H3. The molecule has 1 aromatic carbocycles. The first kappa shape index (κ1) is 14.8. The molecule has 20 heavy (non-hydrogen) atoms. The summed E-state index contributed by atoms with van der Waals surface area (Å²) < 4.78 is 5.88. The van der Waals surface area contributed by atoms with Crippen molar-refractivity contribution in [3.05, 3.63) is 57.7 Å². The van der Waals surface area contributed by atoms with E-state index < -0.39 is 0 Å². The van der Waals surface area contributed by atoms with E-state index in [0.717, 1.165) is 23.4 Å². The monoisotopic (exact) mass is 290 g/mol. The van der Waals surface area contributed by atoms with Crippen molar-refractivity contribution < 1.29 is 4.74 Å². The van der Waals surface area contributed by atoms with E-state index in [2.05, 4.69) is 23.3 Å². The number of ether oxygens (including phenoxy) is 1. The number of rotatable bonds is 5. The van der Waals surface area contributed by atoms with Crippen LogP contribution in [0.1, 0.15) is 22.4 Å². The van der Waals surface area contributed by atoms with E-state index >= 15 is 0 Å². The first-order valence-electron chi connectivity index (χ1n) is 6.59. The molecule has 1 aromatic heterocycles. The van der Waals surface area contributed by atoms with E-state index in [4.69, 9.17) is 16.3 Å². The Bertz CT molecular complexity index is 599. The Hall–Kier alpha value is -1.58. The van der Waals surface area contributed by atoms with Gasteiger partial charge >= 0.3 is 0 Å². The van der Waals surface area contributed by atoms with Gasteiger partial charge in [0.1, 0.15) is 6.61 Å². The zero-order valence-corrected chi connectivity index (χ0v) is 12.8. The van der Waals surface area contributed by atoms with Gasteiger partial charge < -0.3 is 10.1 Å². The summed E-state index contributed by atoms with van der Waals surface area (Å²) in [6, 6.07) is 9.75. The van der Waals surface area contributed by atoms with Crippen LogP contribution in [0.4, 0.5) is 0 Å². The van der Waals surface area contributed by atoms with E-state index in [-0.39, 0.29) is 0 Å². The average molecular weight is 291 g/mol. The molecule has 0 saturated carbocycles. The highest BCUT2D eigenvalue weighted by Crippen LogP contribution is 2.23. The molecule has 1 heterocycles. The Morgan fingerprint density at radius 1 is 1.25 bits per heavy atom. The van der Waals surface area contributed by atoms with Gasteiger partial charge in [0.25, 0.3) is 0 Å². The fraction of sp³-hybridized carbons (Fsp3) is 0.312. The molecule has 0 amide bonds. The number of aromatic nitrogens is 1. The van der Waals surface area contributed by atoms with E-state index in [1.807, 2.05) is 38.2 Å². The number of aryl methyl sites for hydroxylation is 2. The molecule has 4 heteroatoms. The summed E-state index contributed by atoms with van der Waals surface area (Å²) in [5.41, 5.74) is 4.19. The SMILES string of the molecule is CNCc1c(C)cc(C)nc1OCc1ccccc1Cl. The molecule has 1 N–H and O–H groups in total. The first-order valence-corrected chi connectivity index (χ1v) is 6.97. The van der Waals surface area contributed by atoms with Gasteiger partial charge in [0.2, 0.25) is 5.88 Å². The number of nitrogens with one attached hydrogen (secondary N) is 1. The van der Waals surface area contributed by atoms with Crippen molar-refractivity contribution in [1.82, 2.24) is 10.3 Å². The van der Waals surface area contributed by atoms with Crippen molar-refractivity contribution >= 4 is 11.6 Å². The molecule has 0 spiro atoms. The van der Waals surface area contributed by atoms with Crippen molar-refractivity contribution in [2.24, 2.45) is 0 Å². The summed E-state index contributed by atoms with van der Waals surface area (Å²) in [5.74, 6) is 0.678. The number of pyridine rings is 1. The van der Waals surface area contributed by atoms with Gasteiger partial charge in [-0.1, -0.05) is 29.8 Å². The molecule has 0 atom stereocenters. The highest BCUT2D eigenvalue weighted by molar-refractivity contribution is 6.31. The molecule has 2 aromatic rings. The van der Waals surface area contributed by atoms with Gasteiger partial charge in [0.15, 0.2) is 0 Å². The third-order valence-corrected chi connectivity index (χ3v) is 3.48. The second kappa shape index (κ2) is 6.73. The average Bonchev–Trinajstić information content (AvgIpc) is 2.41. The van der Waals surface area contributed by atoms with Crippen LogP contribution in [0.5, 0.6) is 5.88 Å². The maximum Gasteiger partial charge on any atom is 0.218 e. The molecule has 0 aliphatic carbocycles. The van der Waals surface area contributed by atoms with Crippen LogP contribution in [0, 0.1) is 13.8 Å². The van der Waals surface area contributed by atoms with Gasteiger partial charge in [-0.3, -0.25) is 0 Å². The molecule has 0 aliphatic heterocycles. The first-order chi connectivity index (χ1) is 9.61. The van der Waals surface area contributed by atoms with Crippen molar-refractivity contribution in [2.75, 3.05) is 7.05 Å². The molecule has 0 bridgehead atoms. The second-order valence-electron chi connectivity index (χ2n) is 4.77. The van der Waals surface area contributed by atoms with Crippen molar-refractivity contribution in [1.29, 1.82) is 0 Å². The minimum atomic E-state index is 0.423. The molecule has 0 fully saturated rings. The predicted molar refractivity (Wildman–Crippen MR) is 82.3 cm³/mol. The summed E-state index contributed by atoms with van der Waals surface area (Å²) in [4.78, 5) is 4.49. The fourth-order valence-electron chi connectivity index (χ4n) is 2.10.